The van der Waals surface area contributed by atoms with Crippen LogP contribution in [0.5, 0.6) is 0 Å². The summed E-state index contributed by atoms with van der Waals surface area (Å²) >= 11 is 0. The fourth-order valence-corrected chi connectivity index (χ4v) is 2.39. The molecule has 6 heteroatoms. The fraction of sp³-hybridized carbons (Fsp3) is 0.727. The van der Waals surface area contributed by atoms with Crippen molar-refractivity contribution in [1.82, 2.24) is 15.1 Å². The lowest BCUT2D eigenvalue weighted by molar-refractivity contribution is -0.144. The van der Waals surface area contributed by atoms with Gasteiger partial charge >= 0.3 is 6.03 Å². The third kappa shape index (κ3) is 2.17. The first-order valence-electron chi connectivity index (χ1n) is 6.02. The van der Waals surface area contributed by atoms with Gasteiger partial charge < -0.3 is 5.32 Å². The van der Waals surface area contributed by atoms with E-state index < -0.39 is 6.03 Å². The molecule has 2 aliphatic heterocycles. The summed E-state index contributed by atoms with van der Waals surface area (Å²) in [6, 6.07) is -0.501. The molecule has 2 heterocycles. The van der Waals surface area contributed by atoms with Crippen LogP contribution in [-0.4, -0.2) is 53.3 Å². The Hall–Kier alpha value is -1.43. The van der Waals surface area contributed by atoms with Crippen LogP contribution in [0.2, 0.25) is 0 Å². The summed E-state index contributed by atoms with van der Waals surface area (Å²) in [6.45, 7) is 3.68. The van der Waals surface area contributed by atoms with Crippen LogP contribution in [0, 0.1) is 0 Å². The smallest absolute Gasteiger partial charge is 0.317 e. The zero-order valence-corrected chi connectivity index (χ0v) is 9.94. The predicted molar refractivity (Wildman–Crippen MR) is 60.1 cm³/mol. The first-order chi connectivity index (χ1) is 8.15. The highest BCUT2D eigenvalue weighted by molar-refractivity contribution is 6.14. The van der Waals surface area contributed by atoms with Crippen LogP contribution in [0.3, 0.4) is 0 Å². The number of amides is 4. The van der Waals surface area contributed by atoms with E-state index in [0.29, 0.717) is 6.54 Å². The number of urea groups is 1. The van der Waals surface area contributed by atoms with Crippen molar-refractivity contribution in [3.63, 3.8) is 0 Å². The van der Waals surface area contributed by atoms with Crippen LogP contribution in [-0.2, 0) is 9.59 Å². The van der Waals surface area contributed by atoms with E-state index in [4.69, 9.17) is 0 Å². The average Bonchev–Trinajstić information content (AvgIpc) is 2.30. The summed E-state index contributed by atoms with van der Waals surface area (Å²) in [5.74, 6) is -0.732. The number of hydrogen-bond acceptors (Lipinski definition) is 4. The van der Waals surface area contributed by atoms with Gasteiger partial charge in [-0.05, 0) is 32.9 Å². The maximum atomic E-state index is 12.1. The summed E-state index contributed by atoms with van der Waals surface area (Å²) in [4.78, 5) is 37.8. The highest BCUT2D eigenvalue weighted by atomic mass is 16.2. The number of nitrogens with zero attached hydrogens (tertiary/aromatic N) is 2. The molecule has 2 aliphatic rings. The minimum atomic E-state index is -0.444. The van der Waals surface area contributed by atoms with Gasteiger partial charge in [-0.3, -0.25) is 19.4 Å². The molecule has 94 valence electrons. The van der Waals surface area contributed by atoms with E-state index in [1.54, 1.807) is 6.92 Å². The summed E-state index contributed by atoms with van der Waals surface area (Å²) in [6.07, 6.45) is 1.36. The third-order valence-electron chi connectivity index (χ3n) is 3.30. The number of carbonyl (C=O) groups is 3. The number of carbonyl (C=O) groups excluding carboxylic acids is 3. The Morgan fingerprint density at radius 1 is 1.18 bits per heavy atom. The van der Waals surface area contributed by atoms with Crippen molar-refractivity contribution in [3.05, 3.63) is 0 Å². The molecule has 4 amide bonds. The number of imide groups is 2. The SMILES string of the molecule is CCN1C(=O)CC(=O)N(C2CCNCC2)C1=O. The number of nitrogens with one attached hydrogen (secondary N) is 1. The molecule has 0 aromatic rings. The zero-order valence-electron chi connectivity index (χ0n) is 9.94. The van der Waals surface area contributed by atoms with Crippen molar-refractivity contribution >= 4 is 17.8 Å². The quantitative estimate of drug-likeness (QED) is 0.685. The number of piperidine rings is 1. The standard InChI is InChI=1S/C11H17N3O3/c1-2-13-9(15)7-10(16)14(11(13)17)8-3-5-12-6-4-8/h8,12H,2-7H2,1H3. The predicted octanol–water partition coefficient (Wildman–Crippen LogP) is -0.0608. The Morgan fingerprint density at radius 2 is 1.82 bits per heavy atom. The molecule has 0 unspecified atom stereocenters. The first kappa shape index (κ1) is 12.0. The lowest BCUT2D eigenvalue weighted by Gasteiger charge is -2.38. The van der Waals surface area contributed by atoms with Crippen LogP contribution in [0.1, 0.15) is 26.2 Å². The van der Waals surface area contributed by atoms with Crippen LogP contribution < -0.4 is 5.32 Å². The fourth-order valence-electron chi connectivity index (χ4n) is 2.39. The molecule has 0 radical (unpaired) electrons. The molecule has 0 saturated carbocycles. The molecule has 17 heavy (non-hydrogen) atoms. The largest absolute Gasteiger partial charge is 0.333 e. The monoisotopic (exact) mass is 239 g/mol. The third-order valence-corrected chi connectivity index (χ3v) is 3.30. The van der Waals surface area contributed by atoms with Crippen molar-refractivity contribution in [2.75, 3.05) is 19.6 Å². The van der Waals surface area contributed by atoms with Gasteiger partial charge in [0.25, 0.3) is 0 Å². The molecule has 2 rings (SSSR count). The molecule has 6 nitrogen and oxygen atoms in total. The minimum absolute atomic E-state index is 0.0570. The molecule has 0 aliphatic carbocycles. The molecule has 2 fully saturated rings. The molecule has 0 aromatic carbocycles. The molecular formula is C11H17N3O3. The normalized spacial score (nSPS) is 23.5. The second-order valence-corrected chi connectivity index (χ2v) is 4.34. The van der Waals surface area contributed by atoms with Crippen molar-refractivity contribution in [3.8, 4) is 0 Å². The first-order valence-corrected chi connectivity index (χ1v) is 6.02. The average molecular weight is 239 g/mol. The van der Waals surface area contributed by atoms with Gasteiger partial charge in [-0.25, -0.2) is 4.79 Å². The van der Waals surface area contributed by atoms with Gasteiger partial charge in [0.15, 0.2) is 0 Å². The molecule has 0 aromatic heterocycles. The molecule has 1 N–H and O–H groups in total. The maximum absolute atomic E-state index is 12.1. The Bertz CT molecular complexity index is 350. The van der Waals surface area contributed by atoms with Crippen molar-refractivity contribution in [1.29, 1.82) is 0 Å². The van der Waals surface area contributed by atoms with Gasteiger partial charge in [-0.1, -0.05) is 0 Å². The van der Waals surface area contributed by atoms with Crippen molar-refractivity contribution in [2.24, 2.45) is 0 Å². The lowest BCUT2D eigenvalue weighted by atomic mass is 10.0. The van der Waals surface area contributed by atoms with Gasteiger partial charge in [0.2, 0.25) is 11.8 Å². The summed E-state index contributed by atoms with van der Waals surface area (Å²) in [7, 11) is 0. The van der Waals surface area contributed by atoms with Crippen molar-refractivity contribution in [2.45, 2.75) is 32.2 Å². The van der Waals surface area contributed by atoms with Gasteiger partial charge in [0.05, 0.1) is 0 Å². The summed E-state index contributed by atoms with van der Waals surface area (Å²) < 4.78 is 0. The van der Waals surface area contributed by atoms with E-state index in [1.807, 2.05) is 0 Å². The molecular weight excluding hydrogens is 222 g/mol. The minimum Gasteiger partial charge on any atom is -0.317 e. The topological polar surface area (TPSA) is 69.7 Å². The second kappa shape index (κ2) is 4.83. The van der Waals surface area contributed by atoms with Crippen LogP contribution in [0.25, 0.3) is 0 Å². The van der Waals surface area contributed by atoms with E-state index in [9.17, 15) is 14.4 Å². The Balaban J connectivity index is 2.16. The number of barbiturate groups is 1. The van der Waals surface area contributed by atoms with E-state index in [0.717, 1.165) is 30.8 Å². The highest BCUT2D eigenvalue weighted by Crippen LogP contribution is 2.20. The zero-order chi connectivity index (χ0) is 12.4. The molecule has 0 bridgehead atoms. The van der Waals surface area contributed by atoms with Gasteiger partial charge in [0.1, 0.15) is 6.42 Å². The van der Waals surface area contributed by atoms with E-state index >= 15 is 0 Å². The molecule has 0 spiro atoms. The maximum Gasteiger partial charge on any atom is 0.333 e. The Morgan fingerprint density at radius 3 is 2.41 bits per heavy atom. The highest BCUT2D eigenvalue weighted by Gasteiger charge is 2.40. The molecule has 0 atom stereocenters. The van der Waals surface area contributed by atoms with Crippen molar-refractivity contribution < 1.29 is 14.4 Å². The number of rotatable bonds is 2. The molecule has 2 saturated heterocycles. The van der Waals surface area contributed by atoms with Gasteiger partial charge in [-0.2, -0.15) is 0 Å². The van der Waals surface area contributed by atoms with Crippen LogP contribution in [0.4, 0.5) is 4.79 Å². The lowest BCUT2D eigenvalue weighted by Crippen LogP contribution is -2.59. The van der Waals surface area contributed by atoms with Crippen LogP contribution in [0.15, 0.2) is 0 Å². The van der Waals surface area contributed by atoms with Gasteiger partial charge in [-0.15, -0.1) is 0 Å². The van der Waals surface area contributed by atoms with Crippen LogP contribution >= 0.6 is 0 Å². The summed E-state index contributed by atoms with van der Waals surface area (Å²) in [5.41, 5.74) is 0. The van der Waals surface area contributed by atoms with E-state index in [2.05, 4.69) is 5.32 Å². The van der Waals surface area contributed by atoms with E-state index in [1.165, 1.54) is 4.90 Å². The summed E-state index contributed by atoms with van der Waals surface area (Å²) in [5, 5.41) is 3.19. The second-order valence-electron chi connectivity index (χ2n) is 4.34. The van der Waals surface area contributed by atoms with Gasteiger partial charge in [0, 0.05) is 12.6 Å². The Kier molecular flexibility index (Phi) is 3.42. The van der Waals surface area contributed by atoms with E-state index in [-0.39, 0.29) is 24.3 Å². The number of hydrogen-bond donors (Lipinski definition) is 1. The Labute approximate surface area is 99.9 Å².